The highest BCUT2D eigenvalue weighted by Gasteiger charge is 2.29. The minimum absolute atomic E-state index is 0.123. The van der Waals surface area contributed by atoms with E-state index in [1.54, 1.807) is 4.68 Å². The van der Waals surface area contributed by atoms with Crippen LogP contribution in [0.3, 0.4) is 0 Å². The highest BCUT2D eigenvalue weighted by molar-refractivity contribution is 5.87. The van der Waals surface area contributed by atoms with Gasteiger partial charge in [0.1, 0.15) is 6.04 Å². The van der Waals surface area contributed by atoms with E-state index < -0.39 is 6.04 Å². The fraction of sp³-hybridized carbons (Fsp3) is 0.389. The smallest absolute Gasteiger partial charge is 0.315 e. The SMILES string of the molecule is Cc1nn(-c2ccccc2)cc1CNC(=O)N[C@@H]1C(=O)NCC[C@@H]1C. The number of nitrogens with one attached hydrogen (secondary N) is 3. The summed E-state index contributed by atoms with van der Waals surface area (Å²) in [6, 6.07) is 8.97. The van der Waals surface area contributed by atoms with Crippen molar-refractivity contribution in [1.29, 1.82) is 0 Å². The quantitative estimate of drug-likeness (QED) is 0.787. The Morgan fingerprint density at radius 2 is 2.12 bits per heavy atom. The average molecular weight is 341 g/mol. The number of para-hydroxylation sites is 1. The highest BCUT2D eigenvalue weighted by atomic mass is 16.2. The van der Waals surface area contributed by atoms with Gasteiger partial charge in [0.15, 0.2) is 0 Å². The standard InChI is InChI=1S/C18H23N5O2/c1-12-8-9-19-17(24)16(12)21-18(25)20-10-14-11-23(22-13(14)2)15-6-4-3-5-7-15/h3-7,11-12,16H,8-10H2,1-2H3,(H,19,24)(H2,20,21,25)/t12-,16-/m0/s1. The van der Waals surface area contributed by atoms with Gasteiger partial charge in [-0.1, -0.05) is 25.1 Å². The molecule has 0 radical (unpaired) electrons. The summed E-state index contributed by atoms with van der Waals surface area (Å²) in [5.74, 6) is 0.00375. The van der Waals surface area contributed by atoms with Crippen LogP contribution in [0.5, 0.6) is 0 Å². The summed E-state index contributed by atoms with van der Waals surface area (Å²) in [6.07, 6.45) is 2.76. The molecule has 0 bridgehead atoms. The molecule has 0 unspecified atom stereocenters. The first-order chi connectivity index (χ1) is 12.0. The van der Waals surface area contributed by atoms with Gasteiger partial charge in [-0.25, -0.2) is 9.48 Å². The molecule has 2 atom stereocenters. The Balaban J connectivity index is 1.59. The third-order valence-corrected chi connectivity index (χ3v) is 4.50. The molecule has 132 valence electrons. The third kappa shape index (κ3) is 3.99. The minimum atomic E-state index is -0.484. The Kier molecular flexibility index (Phi) is 5.02. The predicted molar refractivity (Wildman–Crippen MR) is 94.3 cm³/mol. The summed E-state index contributed by atoms with van der Waals surface area (Å²) in [4.78, 5) is 24.0. The second kappa shape index (κ2) is 7.38. The summed E-state index contributed by atoms with van der Waals surface area (Å²) in [5.41, 5.74) is 2.75. The van der Waals surface area contributed by atoms with Crippen molar-refractivity contribution >= 4 is 11.9 Å². The number of carbonyl (C=O) groups is 2. The molecule has 1 aliphatic rings. The maximum Gasteiger partial charge on any atom is 0.315 e. The molecule has 0 saturated carbocycles. The van der Waals surface area contributed by atoms with Crippen LogP contribution >= 0.6 is 0 Å². The number of urea groups is 1. The molecule has 3 amide bonds. The fourth-order valence-corrected chi connectivity index (χ4v) is 2.92. The Labute approximate surface area is 146 Å². The van der Waals surface area contributed by atoms with E-state index in [0.29, 0.717) is 13.1 Å². The molecule has 1 aliphatic heterocycles. The topological polar surface area (TPSA) is 88.1 Å². The number of amides is 3. The lowest BCUT2D eigenvalue weighted by Crippen LogP contribution is -2.56. The molecule has 2 heterocycles. The average Bonchev–Trinajstić information content (AvgIpc) is 2.98. The zero-order chi connectivity index (χ0) is 17.8. The number of benzene rings is 1. The number of hydrogen-bond acceptors (Lipinski definition) is 3. The van der Waals surface area contributed by atoms with Gasteiger partial charge < -0.3 is 16.0 Å². The molecule has 1 aromatic heterocycles. The number of rotatable bonds is 4. The lowest BCUT2D eigenvalue weighted by Gasteiger charge is -2.28. The van der Waals surface area contributed by atoms with Gasteiger partial charge in [0.05, 0.1) is 11.4 Å². The number of hydrogen-bond donors (Lipinski definition) is 3. The highest BCUT2D eigenvalue weighted by Crippen LogP contribution is 2.13. The zero-order valence-corrected chi connectivity index (χ0v) is 14.5. The monoisotopic (exact) mass is 341 g/mol. The van der Waals surface area contributed by atoms with Crippen molar-refractivity contribution in [2.45, 2.75) is 32.9 Å². The molecule has 0 aliphatic carbocycles. The van der Waals surface area contributed by atoms with Crippen LogP contribution in [0.4, 0.5) is 4.79 Å². The lowest BCUT2D eigenvalue weighted by molar-refractivity contribution is -0.125. The first kappa shape index (κ1) is 17.0. The predicted octanol–water partition coefficient (Wildman–Crippen LogP) is 1.50. The summed E-state index contributed by atoms with van der Waals surface area (Å²) in [5, 5.41) is 12.8. The number of piperidine rings is 1. The van der Waals surface area contributed by atoms with E-state index in [9.17, 15) is 9.59 Å². The van der Waals surface area contributed by atoms with E-state index in [0.717, 1.165) is 23.4 Å². The molecule has 25 heavy (non-hydrogen) atoms. The minimum Gasteiger partial charge on any atom is -0.354 e. The summed E-state index contributed by atoms with van der Waals surface area (Å²) < 4.78 is 1.79. The molecule has 2 aromatic rings. The first-order valence-corrected chi connectivity index (χ1v) is 8.47. The fourth-order valence-electron chi connectivity index (χ4n) is 2.92. The van der Waals surface area contributed by atoms with Crippen molar-refractivity contribution < 1.29 is 9.59 Å². The molecule has 1 fully saturated rings. The maximum absolute atomic E-state index is 12.1. The van der Waals surface area contributed by atoms with Gasteiger partial charge in [0, 0.05) is 24.8 Å². The largest absolute Gasteiger partial charge is 0.354 e. The summed E-state index contributed by atoms with van der Waals surface area (Å²) in [6.45, 7) is 4.90. The lowest BCUT2D eigenvalue weighted by atomic mass is 9.94. The van der Waals surface area contributed by atoms with Crippen molar-refractivity contribution in [2.75, 3.05) is 6.54 Å². The van der Waals surface area contributed by atoms with Crippen LogP contribution in [-0.2, 0) is 11.3 Å². The van der Waals surface area contributed by atoms with Gasteiger partial charge in [0.2, 0.25) is 5.91 Å². The molecule has 3 N–H and O–H groups in total. The maximum atomic E-state index is 12.1. The van der Waals surface area contributed by atoms with Crippen LogP contribution < -0.4 is 16.0 Å². The second-order valence-corrected chi connectivity index (χ2v) is 6.38. The van der Waals surface area contributed by atoms with Gasteiger partial charge in [-0.15, -0.1) is 0 Å². The van der Waals surface area contributed by atoms with Crippen LogP contribution in [0.25, 0.3) is 5.69 Å². The van der Waals surface area contributed by atoms with Crippen molar-refractivity contribution in [3.8, 4) is 5.69 Å². The normalized spacial score (nSPS) is 20.0. The second-order valence-electron chi connectivity index (χ2n) is 6.38. The number of aromatic nitrogens is 2. The molecule has 3 rings (SSSR count). The van der Waals surface area contributed by atoms with E-state index in [2.05, 4.69) is 21.0 Å². The Morgan fingerprint density at radius 1 is 1.36 bits per heavy atom. The van der Waals surface area contributed by atoms with E-state index in [-0.39, 0.29) is 17.9 Å². The van der Waals surface area contributed by atoms with Crippen molar-refractivity contribution in [3.05, 3.63) is 47.8 Å². The van der Waals surface area contributed by atoms with E-state index in [1.165, 1.54) is 0 Å². The van der Waals surface area contributed by atoms with Crippen molar-refractivity contribution in [1.82, 2.24) is 25.7 Å². The summed E-state index contributed by atoms with van der Waals surface area (Å²) in [7, 11) is 0. The molecule has 7 heteroatoms. The Bertz CT molecular complexity index is 756. The van der Waals surface area contributed by atoms with Crippen LogP contribution in [0, 0.1) is 12.8 Å². The van der Waals surface area contributed by atoms with Crippen LogP contribution in [-0.4, -0.2) is 34.3 Å². The van der Waals surface area contributed by atoms with Crippen LogP contribution in [0.15, 0.2) is 36.5 Å². The Hall–Kier alpha value is -2.83. The van der Waals surface area contributed by atoms with Crippen LogP contribution in [0.2, 0.25) is 0 Å². The van der Waals surface area contributed by atoms with E-state index >= 15 is 0 Å². The van der Waals surface area contributed by atoms with Crippen molar-refractivity contribution in [2.24, 2.45) is 5.92 Å². The number of carbonyl (C=O) groups excluding carboxylic acids is 2. The van der Waals surface area contributed by atoms with E-state index in [1.807, 2.05) is 50.4 Å². The molecule has 1 saturated heterocycles. The van der Waals surface area contributed by atoms with Gasteiger partial charge >= 0.3 is 6.03 Å². The van der Waals surface area contributed by atoms with Gasteiger partial charge in [-0.05, 0) is 31.4 Å². The van der Waals surface area contributed by atoms with Gasteiger partial charge in [-0.2, -0.15) is 5.10 Å². The van der Waals surface area contributed by atoms with Gasteiger partial charge in [-0.3, -0.25) is 4.79 Å². The summed E-state index contributed by atoms with van der Waals surface area (Å²) >= 11 is 0. The zero-order valence-electron chi connectivity index (χ0n) is 14.5. The molecule has 0 spiro atoms. The number of aryl methyl sites for hydroxylation is 1. The van der Waals surface area contributed by atoms with Crippen molar-refractivity contribution in [3.63, 3.8) is 0 Å². The number of nitrogens with zero attached hydrogens (tertiary/aromatic N) is 2. The first-order valence-electron chi connectivity index (χ1n) is 8.47. The van der Waals surface area contributed by atoms with E-state index in [4.69, 9.17) is 0 Å². The molecular weight excluding hydrogens is 318 g/mol. The Morgan fingerprint density at radius 3 is 2.84 bits per heavy atom. The van der Waals surface area contributed by atoms with Gasteiger partial charge in [0.25, 0.3) is 0 Å². The molecule has 1 aromatic carbocycles. The molecule has 7 nitrogen and oxygen atoms in total. The molecular formula is C18H23N5O2. The van der Waals surface area contributed by atoms with Crippen LogP contribution in [0.1, 0.15) is 24.6 Å². The third-order valence-electron chi connectivity index (χ3n) is 4.50.